The highest BCUT2D eigenvalue weighted by Gasteiger charge is 2.14. The molecule has 4 rings (SSSR count). The van der Waals surface area contributed by atoms with Crippen LogP contribution in [-0.2, 0) is 6.54 Å². The van der Waals surface area contributed by atoms with Crippen molar-refractivity contribution in [1.29, 1.82) is 0 Å². The molecule has 0 aliphatic rings. The van der Waals surface area contributed by atoms with Crippen molar-refractivity contribution < 1.29 is 9.59 Å². The summed E-state index contributed by atoms with van der Waals surface area (Å²) in [7, 11) is 0. The molecule has 0 saturated carbocycles. The topological polar surface area (TPSA) is 88.9 Å². The molecule has 0 fully saturated rings. The number of pyridine rings is 1. The van der Waals surface area contributed by atoms with E-state index in [-0.39, 0.29) is 11.8 Å². The number of aromatic nitrogens is 3. The number of benzene rings is 2. The Labute approximate surface area is 192 Å². The highest BCUT2D eigenvalue weighted by atomic mass is 16.2. The fraction of sp³-hybridized carbons (Fsp3) is 0.231. The van der Waals surface area contributed by atoms with E-state index in [2.05, 4.69) is 44.5 Å². The van der Waals surface area contributed by atoms with Gasteiger partial charge in [-0.3, -0.25) is 4.79 Å². The van der Waals surface area contributed by atoms with Gasteiger partial charge in [0.15, 0.2) is 11.4 Å². The molecule has 2 amide bonds. The van der Waals surface area contributed by atoms with Gasteiger partial charge >= 0.3 is 6.03 Å². The maximum atomic E-state index is 11.9. The van der Waals surface area contributed by atoms with E-state index in [1.807, 2.05) is 51.1 Å². The minimum atomic E-state index is -0.256. The van der Waals surface area contributed by atoms with E-state index in [1.165, 1.54) is 0 Å². The van der Waals surface area contributed by atoms with Crippen LogP contribution in [-0.4, -0.2) is 32.9 Å². The van der Waals surface area contributed by atoms with Crippen LogP contribution in [0.2, 0.25) is 0 Å². The van der Waals surface area contributed by atoms with Crippen molar-refractivity contribution in [3.63, 3.8) is 0 Å². The monoisotopic (exact) mass is 441 g/mol. The van der Waals surface area contributed by atoms with Gasteiger partial charge in [0.2, 0.25) is 0 Å². The summed E-state index contributed by atoms with van der Waals surface area (Å²) < 4.78 is 2.08. The van der Waals surface area contributed by atoms with Crippen molar-refractivity contribution in [2.45, 2.75) is 34.2 Å². The summed E-state index contributed by atoms with van der Waals surface area (Å²) in [6, 6.07) is 17.6. The Morgan fingerprint density at radius 2 is 1.58 bits per heavy atom. The molecule has 0 spiro atoms. The third-order valence-corrected chi connectivity index (χ3v) is 5.61. The smallest absolute Gasteiger partial charge is 0.319 e. The number of amides is 2. The van der Waals surface area contributed by atoms with Gasteiger partial charge in [-0.05, 0) is 50.5 Å². The minimum absolute atomic E-state index is 0.0656. The number of hydrogen-bond acceptors (Lipinski definition) is 4. The van der Waals surface area contributed by atoms with E-state index in [0.717, 1.165) is 39.4 Å². The lowest BCUT2D eigenvalue weighted by Crippen LogP contribution is -2.28. The number of rotatable bonds is 6. The number of anilines is 1. The molecule has 2 N–H and O–H groups in total. The number of carbonyl (C=O) groups is 2. The van der Waals surface area contributed by atoms with E-state index in [1.54, 1.807) is 6.92 Å². The Bertz CT molecular complexity index is 1320. The highest BCUT2D eigenvalue weighted by molar-refractivity contribution is 5.94. The lowest BCUT2D eigenvalue weighted by Gasteiger charge is -2.11. The summed E-state index contributed by atoms with van der Waals surface area (Å²) in [5.41, 5.74) is 6.92. The van der Waals surface area contributed by atoms with Crippen LogP contribution in [0.5, 0.6) is 0 Å². The summed E-state index contributed by atoms with van der Waals surface area (Å²) >= 11 is 0. The number of Topliss-reactive ketones (excluding diaryl/α,β-unsaturated/α-hetero) is 1. The summed E-state index contributed by atoms with van der Waals surface area (Å²) in [6.07, 6.45) is 0. The van der Waals surface area contributed by atoms with Crippen LogP contribution in [0.15, 0.2) is 54.6 Å². The molecule has 2 aromatic heterocycles. The van der Waals surface area contributed by atoms with Gasteiger partial charge in [0, 0.05) is 12.1 Å². The first kappa shape index (κ1) is 22.2. The van der Waals surface area contributed by atoms with Gasteiger partial charge in [0.1, 0.15) is 11.3 Å². The maximum absolute atomic E-state index is 11.9. The van der Waals surface area contributed by atoms with E-state index in [9.17, 15) is 9.59 Å². The fourth-order valence-electron chi connectivity index (χ4n) is 3.78. The van der Waals surface area contributed by atoms with Crippen LogP contribution in [0, 0.1) is 13.8 Å². The molecule has 0 bridgehead atoms. The predicted octanol–water partition coefficient (Wildman–Crippen LogP) is 5.11. The van der Waals surface area contributed by atoms with Gasteiger partial charge < -0.3 is 15.2 Å². The number of nitrogens with zero attached hydrogens (tertiary/aromatic N) is 3. The first-order chi connectivity index (χ1) is 15.9. The summed E-state index contributed by atoms with van der Waals surface area (Å²) in [4.78, 5) is 32.8. The number of nitrogens with one attached hydrogen (secondary N) is 2. The second-order valence-corrected chi connectivity index (χ2v) is 8.02. The number of carbonyl (C=O) groups excluding carboxylic acids is 2. The van der Waals surface area contributed by atoms with E-state index in [0.29, 0.717) is 24.3 Å². The van der Waals surface area contributed by atoms with Gasteiger partial charge in [-0.25, -0.2) is 14.8 Å². The average Bonchev–Trinajstić information content (AvgIpc) is 3.08. The lowest BCUT2D eigenvalue weighted by molar-refractivity contribution is 0.101. The van der Waals surface area contributed by atoms with Gasteiger partial charge in [-0.2, -0.15) is 0 Å². The van der Waals surface area contributed by atoms with Gasteiger partial charge in [0.05, 0.1) is 17.9 Å². The van der Waals surface area contributed by atoms with Crippen molar-refractivity contribution in [3.05, 3.63) is 77.2 Å². The predicted molar refractivity (Wildman–Crippen MR) is 131 cm³/mol. The van der Waals surface area contributed by atoms with Crippen LogP contribution < -0.4 is 10.6 Å². The van der Waals surface area contributed by atoms with Crippen LogP contribution >= 0.6 is 0 Å². The van der Waals surface area contributed by atoms with Crippen molar-refractivity contribution in [2.75, 3.05) is 11.9 Å². The summed E-state index contributed by atoms with van der Waals surface area (Å²) in [6.45, 7) is 8.47. The molecule has 2 aromatic carbocycles. The van der Waals surface area contributed by atoms with E-state index in [4.69, 9.17) is 4.98 Å². The number of hydrogen-bond donors (Lipinski definition) is 2. The molecule has 7 heteroatoms. The van der Waals surface area contributed by atoms with Crippen LogP contribution in [0.25, 0.3) is 22.3 Å². The normalized spacial score (nSPS) is 10.9. The van der Waals surface area contributed by atoms with E-state index >= 15 is 0 Å². The number of ketones is 1. The Hall–Kier alpha value is -4.00. The van der Waals surface area contributed by atoms with Crippen LogP contribution in [0.1, 0.15) is 41.3 Å². The molecule has 4 aromatic rings. The zero-order valence-electron chi connectivity index (χ0n) is 19.3. The van der Waals surface area contributed by atoms with Crippen molar-refractivity contribution in [3.8, 4) is 11.1 Å². The standard InChI is InChI=1S/C26H27N5O2/c1-5-27-26(33)30-23-14-24-25(28-16(23)2)31(18(4)29-24)15-19-6-8-21(9-7-19)22-12-10-20(11-13-22)17(3)32/h6-14H,5,15H2,1-4H3,(H2,27,30,33). The van der Waals surface area contributed by atoms with Crippen molar-refractivity contribution in [1.82, 2.24) is 19.9 Å². The molecule has 7 nitrogen and oxygen atoms in total. The summed E-state index contributed by atoms with van der Waals surface area (Å²) in [5, 5.41) is 5.56. The Balaban J connectivity index is 1.57. The molecule has 0 radical (unpaired) electrons. The molecule has 33 heavy (non-hydrogen) atoms. The third kappa shape index (κ3) is 4.77. The fourth-order valence-corrected chi connectivity index (χ4v) is 3.78. The van der Waals surface area contributed by atoms with Crippen LogP contribution in [0.4, 0.5) is 10.5 Å². The molecule has 168 valence electrons. The molecule has 0 unspecified atom stereocenters. The largest absolute Gasteiger partial charge is 0.338 e. The first-order valence-electron chi connectivity index (χ1n) is 11.0. The summed E-state index contributed by atoms with van der Waals surface area (Å²) in [5.74, 6) is 0.923. The molecule has 2 heterocycles. The molecule has 0 atom stereocenters. The van der Waals surface area contributed by atoms with Crippen molar-refractivity contribution >= 4 is 28.7 Å². The number of aryl methyl sites for hydroxylation is 2. The Morgan fingerprint density at radius 3 is 2.18 bits per heavy atom. The van der Waals surface area contributed by atoms with E-state index < -0.39 is 0 Å². The van der Waals surface area contributed by atoms with Gasteiger partial charge in [0.25, 0.3) is 0 Å². The molecule has 0 saturated heterocycles. The SMILES string of the molecule is CCNC(=O)Nc1cc2nc(C)n(Cc3ccc(-c4ccc(C(C)=O)cc4)cc3)c2nc1C. The quantitative estimate of drug-likeness (QED) is 0.407. The molecular formula is C26H27N5O2. The lowest BCUT2D eigenvalue weighted by atomic mass is 10.0. The maximum Gasteiger partial charge on any atom is 0.319 e. The van der Waals surface area contributed by atoms with Gasteiger partial charge in [-0.15, -0.1) is 0 Å². The van der Waals surface area contributed by atoms with Gasteiger partial charge in [-0.1, -0.05) is 48.5 Å². The van der Waals surface area contributed by atoms with Crippen molar-refractivity contribution in [2.24, 2.45) is 0 Å². The zero-order chi connectivity index (χ0) is 23.5. The molecule has 0 aliphatic heterocycles. The average molecular weight is 442 g/mol. The molecule has 0 aliphatic carbocycles. The number of urea groups is 1. The third-order valence-electron chi connectivity index (χ3n) is 5.61. The minimum Gasteiger partial charge on any atom is -0.338 e. The van der Waals surface area contributed by atoms with Crippen LogP contribution in [0.3, 0.4) is 0 Å². The highest BCUT2D eigenvalue weighted by Crippen LogP contribution is 2.24. The first-order valence-corrected chi connectivity index (χ1v) is 11.0. The number of imidazole rings is 1. The Kier molecular flexibility index (Phi) is 6.22. The Morgan fingerprint density at radius 1 is 0.939 bits per heavy atom. The number of fused-ring (bicyclic) bond motifs is 1. The second kappa shape index (κ2) is 9.24. The molecular weight excluding hydrogens is 414 g/mol. The second-order valence-electron chi connectivity index (χ2n) is 8.02. The zero-order valence-corrected chi connectivity index (χ0v) is 19.3.